The summed E-state index contributed by atoms with van der Waals surface area (Å²) in [4.78, 5) is 13.6. The lowest BCUT2D eigenvalue weighted by molar-refractivity contribution is 0.226. The summed E-state index contributed by atoms with van der Waals surface area (Å²) in [5.74, 6) is 0. The van der Waals surface area contributed by atoms with Gasteiger partial charge in [-0.3, -0.25) is 0 Å². The van der Waals surface area contributed by atoms with Crippen molar-refractivity contribution in [3.63, 3.8) is 0 Å². The molecule has 0 bridgehead atoms. The molecule has 4 nitrogen and oxygen atoms in total. The maximum atomic E-state index is 10.1. The minimum absolute atomic E-state index is 0.453. The molecule has 0 aromatic heterocycles. The summed E-state index contributed by atoms with van der Waals surface area (Å²) in [6.07, 6.45) is 0. The molecule has 0 atom stereocenters. The Balaban J connectivity index is 3.46. The second-order valence-electron chi connectivity index (χ2n) is 0.765. The summed E-state index contributed by atoms with van der Waals surface area (Å²) in [5, 5.41) is 0. The van der Waals surface area contributed by atoms with Gasteiger partial charge in [0.05, 0.1) is 0 Å². The van der Waals surface area contributed by atoms with Crippen molar-refractivity contribution in [2.75, 3.05) is 0 Å². The minimum Gasteiger partial charge on any atom is -0.248 e. The molecule has 0 aromatic carbocycles. The van der Waals surface area contributed by atoms with Crippen LogP contribution in [0, 0.1) is 0 Å². The highest BCUT2D eigenvalue weighted by molar-refractivity contribution is 6.29. The molecule has 7 heteroatoms. The number of hydrogen-bond acceptors (Lipinski definition) is 2. The Morgan fingerprint density at radius 3 is 2.12 bits per heavy atom. The molecule has 0 aliphatic rings. The van der Waals surface area contributed by atoms with Gasteiger partial charge in [0.1, 0.15) is 0 Å². The number of amides is 2. The van der Waals surface area contributed by atoms with E-state index in [1.807, 2.05) is 0 Å². The Bertz CT molecular complexity index is 86.6. The standard InChI is InChI=1S/CH2Cl3N3O/c2-5-1(8)7(4)6-3/h6H,(H,5,8). The third kappa shape index (κ3) is 2.42. The average molecular weight is 178 g/mol. The molecule has 2 amide bonds. The van der Waals surface area contributed by atoms with E-state index in [9.17, 15) is 4.79 Å². The Kier molecular flexibility index (Phi) is 4.08. The van der Waals surface area contributed by atoms with Gasteiger partial charge in [0.25, 0.3) is 0 Å². The van der Waals surface area contributed by atoms with E-state index in [1.165, 1.54) is 0 Å². The number of urea groups is 1. The van der Waals surface area contributed by atoms with Crippen LogP contribution in [0.2, 0.25) is 0 Å². The van der Waals surface area contributed by atoms with Crippen LogP contribution < -0.4 is 9.78 Å². The molecule has 0 radical (unpaired) electrons. The van der Waals surface area contributed by atoms with Gasteiger partial charge in [0.15, 0.2) is 0 Å². The highest BCUT2D eigenvalue weighted by Gasteiger charge is 2.05. The van der Waals surface area contributed by atoms with Crippen LogP contribution in [0.4, 0.5) is 4.79 Å². The lowest BCUT2D eigenvalue weighted by atomic mass is 11.1. The zero-order valence-electron chi connectivity index (χ0n) is 3.49. The fourth-order valence-corrected chi connectivity index (χ4v) is 0.322. The van der Waals surface area contributed by atoms with Crippen LogP contribution in [0.5, 0.6) is 0 Å². The quantitative estimate of drug-likeness (QED) is 0.464. The van der Waals surface area contributed by atoms with Gasteiger partial charge in [0, 0.05) is 23.6 Å². The van der Waals surface area contributed by atoms with Crippen molar-refractivity contribution >= 4 is 41.4 Å². The van der Waals surface area contributed by atoms with Gasteiger partial charge >= 0.3 is 6.03 Å². The molecule has 0 aliphatic heterocycles. The van der Waals surface area contributed by atoms with E-state index in [0.29, 0.717) is 4.53 Å². The number of hydrazine groups is 1. The van der Waals surface area contributed by atoms with E-state index in [4.69, 9.17) is 35.3 Å². The molecule has 0 heterocycles. The average Bonchev–Trinajstić information content (AvgIpc) is 1.84. The van der Waals surface area contributed by atoms with E-state index in [2.05, 4.69) is 0 Å². The van der Waals surface area contributed by atoms with Crippen LogP contribution in [0.3, 0.4) is 0 Å². The van der Waals surface area contributed by atoms with Gasteiger partial charge < -0.3 is 0 Å². The highest BCUT2D eigenvalue weighted by Crippen LogP contribution is 1.89. The van der Waals surface area contributed by atoms with Crippen molar-refractivity contribution in [1.82, 2.24) is 14.3 Å². The molecule has 0 rings (SSSR count). The Morgan fingerprint density at radius 1 is 1.50 bits per heavy atom. The first-order valence-electron chi connectivity index (χ1n) is 1.45. The molecule has 8 heavy (non-hydrogen) atoms. The Labute approximate surface area is 61.0 Å². The van der Waals surface area contributed by atoms with Crippen molar-refractivity contribution in [1.29, 1.82) is 0 Å². The largest absolute Gasteiger partial charge is 0.362 e. The van der Waals surface area contributed by atoms with Crippen LogP contribution in [-0.4, -0.2) is 10.6 Å². The van der Waals surface area contributed by atoms with E-state index in [1.54, 1.807) is 9.78 Å². The van der Waals surface area contributed by atoms with Crippen molar-refractivity contribution in [2.24, 2.45) is 0 Å². The lowest BCUT2D eigenvalue weighted by Crippen LogP contribution is -2.33. The molecule has 0 spiro atoms. The molecule has 2 N–H and O–H groups in total. The topological polar surface area (TPSA) is 44.4 Å². The highest BCUT2D eigenvalue weighted by atomic mass is 35.5. The van der Waals surface area contributed by atoms with E-state index in [0.717, 1.165) is 0 Å². The Morgan fingerprint density at radius 2 is 2.00 bits per heavy atom. The summed E-state index contributed by atoms with van der Waals surface area (Å²) in [6.45, 7) is 0. The Hall–Kier alpha value is 0.1000. The van der Waals surface area contributed by atoms with Gasteiger partial charge in [0.2, 0.25) is 0 Å². The SMILES string of the molecule is O=C(NCl)N(Cl)NCl. The number of halogens is 3. The number of rotatable bonds is 1. The van der Waals surface area contributed by atoms with Crippen LogP contribution >= 0.6 is 35.3 Å². The van der Waals surface area contributed by atoms with Gasteiger partial charge in [-0.25, -0.2) is 9.63 Å². The van der Waals surface area contributed by atoms with E-state index >= 15 is 0 Å². The van der Waals surface area contributed by atoms with E-state index < -0.39 is 6.03 Å². The summed E-state index contributed by atoms with van der Waals surface area (Å²) in [6, 6.07) is -0.747. The number of nitrogens with zero attached hydrogens (tertiary/aromatic N) is 1. The number of carbonyl (C=O) groups excluding carboxylic acids is 1. The van der Waals surface area contributed by atoms with Crippen molar-refractivity contribution < 1.29 is 4.79 Å². The molecule has 0 saturated heterocycles. The van der Waals surface area contributed by atoms with Gasteiger partial charge in [-0.1, -0.05) is 0 Å². The number of hydrogen-bond donors (Lipinski definition) is 2. The van der Waals surface area contributed by atoms with Crippen molar-refractivity contribution in [3.8, 4) is 0 Å². The fourth-order valence-electron chi connectivity index (χ4n) is 0.0755. The fraction of sp³-hybridized carbons (Fsp3) is 0. The predicted molar refractivity (Wildman–Crippen MR) is 31.1 cm³/mol. The number of nitrogens with one attached hydrogen (secondary N) is 2. The van der Waals surface area contributed by atoms with Crippen molar-refractivity contribution in [3.05, 3.63) is 0 Å². The molecular weight excluding hydrogens is 176 g/mol. The summed E-state index contributed by atoms with van der Waals surface area (Å²) >= 11 is 14.7. The summed E-state index contributed by atoms with van der Waals surface area (Å²) in [7, 11) is 0. The molecule has 0 saturated carbocycles. The normalized spacial score (nSPS) is 8.38. The molecule has 0 aromatic rings. The third-order valence-electron chi connectivity index (χ3n) is 0.333. The molecule has 0 aliphatic carbocycles. The van der Waals surface area contributed by atoms with Crippen LogP contribution in [-0.2, 0) is 0 Å². The first kappa shape index (κ1) is 8.10. The summed E-state index contributed by atoms with van der Waals surface area (Å²) in [5.41, 5.74) is 0. The molecular formula is CH2Cl3N3O. The van der Waals surface area contributed by atoms with E-state index in [-0.39, 0.29) is 0 Å². The van der Waals surface area contributed by atoms with Crippen LogP contribution in [0.1, 0.15) is 0 Å². The lowest BCUT2D eigenvalue weighted by Gasteiger charge is -2.05. The minimum atomic E-state index is -0.747. The molecule has 48 valence electrons. The first-order valence-corrected chi connectivity index (χ1v) is 2.54. The second-order valence-corrected chi connectivity index (χ2v) is 1.46. The maximum Gasteiger partial charge on any atom is 0.362 e. The monoisotopic (exact) mass is 177 g/mol. The van der Waals surface area contributed by atoms with Crippen LogP contribution in [0.25, 0.3) is 0 Å². The second kappa shape index (κ2) is 4.03. The predicted octanol–water partition coefficient (Wildman–Crippen LogP) is 0.964. The molecule has 0 unspecified atom stereocenters. The maximum absolute atomic E-state index is 10.1. The zero-order chi connectivity index (χ0) is 6.57. The smallest absolute Gasteiger partial charge is 0.248 e. The van der Waals surface area contributed by atoms with Gasteiger partial charge in [-0.2, -0.15) is 0 Å². The first-order chi connectivity index (χ1) is 3.72. The summed E-state index contributed by atoms with van der Waals surface area (Å²) < 4.78 is 0.453. The number of carbonyl (C=O) groups is 1. The van der Waals surface area contributed by atoms with Gasteiger partial charge in [-0.05, 0) is 11.8 Å². The zero-order valence-corrected chi connectivity index (χ0v) is 5.76. The molecule has 0 fully saturated rings. The van der Waals surface area contributed by atoms with Crippen LogP contribution in [0.15, 0.2) is 0 Å². The third-order valence-corrected chi connectivity index (χ3v) is 0.989. The van der Waals surface area contributed by atoms with Gasteiger partial charge in [-0.15, -0.1) is 9.47 Å². The van der Waals surface area contributed by atoms with Crippen molar-refractivity contribution in [2.45, 2.75) is 0 Å².